The number of benzene rings is 1. The first-order valence-electron chi connectivity index (χ1n) is 8.80. The average molecular weight is 340 g/mol. The molecule has 25 heavy (non-hydrogen) atoms. The highest BCUT2D eigenvalue weighted by Gasteiger charge is 2.24. The van der Waals surface area contributed by atoms with Crippen LogP contribution >= 0.6 is 0 Å². The minimum Gasteiger partial charge on any atom is -0.326 e. The van der Waals surface area contributed by atoms with E-state index in [1.54, 1.807) is 0 Å². The van der Waals surface area contributed by atoms with Gasteiger partial charge in [0.25, 0.3) is 5.56 Å². The van der Waals surface area contributed by atoms with Gasteiger partial charge in [-0.3, -0.25) is 9.59 Å². The Labute approximate surface area is 147 Å². The number of nitrogens with zero attached hydrogens (tertiary/aromatic N) is 1. The Morgan fingerprint density at radius 3 is 2.96 bits per heavy atom. The Hall–Kier alpha value is -2.47. The van der Waals surface area contributed by atoms with Crippen molar-refractivity contribution >= 4 is 11.6 Å². The molecule has 1 fully saturated rings. The lowest BCUT2D eigenvalue weighted by atomic mass is 9.92. The van der Waals surface area contributed by atoms with Crippen molar-refractivity contribution in [3.05, 3.63) is 46.4 Å². The van der Waals surface area contributed by atoms with Crippen LogP contribution in [0.3, 0.4) is 0 Å². The van der Waals surface area contributed by atoms with Crippen molar-refractivity contribution in [2.75, 3.05) is 11.9 Å². The molecule has 1 saturated heterocycles. The van der Waals surface area contributed by atoms with Crippen molar-refractivity contribution in [3.8, 4) is 11.4 Å². The van der Waals surface area contributed by atoms with Gasteiger partial charge in [-0.2, -0.15) is 0 Å². The van der Waals surface area contributed by atoms with E-state index in [2.05, 4.69) is 27.5 Å². The molecule has 0 radical (unpaired) electrons. The van der Waals surface area contributed by atoms with Crippen LogP contribution in [-0.4, -0.2) is 28.5 Å². The maximum atomic E-state index is 12.5. The topological polar surface area (TPSA) is 86.9 Å². The minimum absolute atomic E-state index is 0.0289. The summed E-state index contributed by atoms with van der Waals surface area (Å²) in [7, 11) is 0. The molecule has 6 nitrogen and oxygen atoms in total. The Balaban J connectivity index is 1.79. The molecule has 1 aromatic carbocycles. The van der Waals surface area contributed by atoms with Gasteiger partial charge in [0.05, 0.1) is 0 Å². The Morgan fingerprint density at radius 2 is 2.20 bits per heavy atom. The van der Waals surface area contributed by atoms with Crippen molar-refractivity contribution in [3.63, 3.8) is 0 Å². The highest BCUT2D eigenvalue weighted by molar-refractivity contribution is 5.93. The Bertz CT molecular complexity index is 815. The van der Waals surface area contributed by atoms with E-state index in [-0.39, 0.29) is 17.4 Å². The molecular weight excluding hydrogens is 316 g/mol. The largest absolute Gasteiger partial charge is 0.326 e. The van der Waals surface area contributed by atoms with Gasteiger partial charge in [0, 0.05) is 35.0 Å². The predicted molar refractivity (Wildman–Crippen MR) is 98.5 cm³/mol. The van der Waals surface area contributed by atoms with Crippen LogP contribution in [0.2, 0.25) is 0 Å². The van der Waals surface area contributed by atoms with E-state index < -0.39 is 0 Å². The number of hydrogen-bond acceptors (Lipinski definition) is 4. The van der Waals surface area contributed by atoms with Crippen LogP contribution in [0.4, 0.5) is 5.69 Å². The number of amides is 1. The summed E-state index contributed by atoms with van der Waals surface area (Å²) < 4.78 is 0. The van der Waals surface area contributed by atoms with Gasteiger partial charge < -0.3 is 15.6 Å². The molecule has 0 unspecified atom stereocenters. The summed E-state index contributed by atoms with van der Waals surface area (Å²) in [6.45, 7) is 4.93. The zero-order valence-corrected chi connectivity index (χ0v) is 14.6. The zero-order chi connectivity index (χ0) is 17.8. The van der Waals surface area contributed by atoms with Gasteiger partial charge in [0.2, 0.25) is 5.91 Å². The Morgan fingerprint density at radius 1 is 1.36 bits per heavy atom. The summed E-state index contributed by atoms with van der Waals surface area (Å²) in [5, 5.41) is 6.35. The second-order valence-electron chi connectivity index (χ2n) is 6.59. The van der Waals surface area contributed by atoms with Gasteiger partial charge >= 0.3 is 0 Å². The summed E-state index contributed by atoms with van der Waals surface area (Å²) in [5.74, 6) is 0.603. The van der Waals surface area contributed by atoms with E-state index in [1.165, 1.54) is 6.07 Å². The monoisotopic (exact) mass is 340 g/mol. The molecule has 3 N–H and O–H groups in total. The summed E-state index contributed by atoms with van der Waals surface area (Å²) in [4.78, 5) is 31.5. The molecule has 1 aliphatic rings. The van der Waals surface area contributed by atoms with Crippen LogP contribution in [0.5, 0.6) is 0 Å². The highest BCUT2D eigenvalue weighted by Crippen LogP contribution is 2.22. The third-order valence-electron chi connectivity index (χ3n) is 4.55. The molecule has 3 rings (SSSR count). The molecule has 1 aromatic heterocycles. The molecule has 132 valence electrons. The quantitative estimate of drug-likeness (QED) is 0.797. The molecule has 1 aliphatic heterocycles. The number of nitrogens with one attached hydrogen (secondary N) is 3. The van der Waals surface area contributed by atoms with Gasteiger partial charge in [0.1, 0.15) is 5.82 Å². The molecule has 0 aliphatic carbocycles. The summed E-state index contributed by atoms with van der Waals surface area (Å²) >= 11 is 0. The standard InChI is InChI=1S/C19H24N4O2/c1-3-15-11-17(24)23-18(21-15)13-5-4-6-16(10-13)22-19(25)14-7-8-20-12(2)9-14/h4-6,10-12,14,20H,3,7-9H2,1-2H3,(H,22,25)(H,21,23,24)/t12-,14-/m0/s1. The first-order valence-corrected chi connectivity index (χ1v) is 8.80. The molecule has 0 spiro atoms. The van der Waals surface area contributed by atoms with E-state index in [0.717, 1.165) is 36.3 Å². The molecule has 2 aromatic rings. The van der Waals surface area contributed by atoms with Crippen molar-refractivity contribution < 1.29 is 4.79 Å². The van der Waals surface area contributed by atoms with E-state index >= 15 is 0 Å². The number of piperidine rings is 1. The number of aromatic amines is 1. The van der Waals surface area contributed by atoms with Crippen LogP contribution < -0.4 is 16.2 Å². The number of aromatic nitrogens is 2. The third kappa shape index (κ3) is 4.33. The number of carbonyl (C=O) groups is 1. The lowest BCUT2D eigenvalue weighted by Gasteiger charge is -2.27. The van der Waals surface area contributed by atoms with Crippen LogP contribution in [0.25, 0.3) is 11.4 Å². The lowest BCUT2D eigenvalue weighted by molar-refractivity contribution is -0.120. The second kappa shape index (κ2) is 7.61. The summed E-state index contributed by atoms with van der Waals surface area (Å²) in [6, 6.07) is 9.30. The van der Waals surface area contributed by atoms with Crippen molar-refractivity contribution in [1.29, 1.82) is 0 Å². The molecule has 0 saturated carbocycles. The van der Waals surface area contributed by atoms with E-state index in [4.69, 9.17) is 0 Å². The van der Waals surface area contributed by atoms with Crippen LogP contribution in [0.15, 0.2) is 35.1 Å². The van der Waals surface area contributed by atoms with E-state index in [1.807, 2.05) is 31.2 Å². The van der Waals surface area contributed by atoms with Crippen LogP contribution in [0.1, 0.15) is 32.4 Å². The van der Waals surface area contributed by atoms with Gasteiger partial charge in [-0.1, -0.05) is 19.1 Å². The fraction of sp³-hybridized carbons (Fsp3) is 0.421. The number of H-pyrrole nitrogens is 1. The fourth-order valence-corrected chi connectivity index (χ4v) is 3.18. The fourth-order valence-electron chi connectivity index (χ4n) is 3.18. The second-order valence-corrected chi connectivity index (χ2v) is 6.59. The molecule has 6 heteroatoms. The lowest BCUT2D eigenvalue weighted by Crippen LogP contribution is -2.40. The number of carbonyl (C=O) groups excluding carboxylic acids is 1. The maximum absolute atomic E-state index is 12.5. The van der Waals surface area contributed by atoms with Gasteiger partial charge in [-0.15, -0.1) is 0 Å². The number of rotatable bonds is 4. The van der Waals surface area contributed by atoms with Crippen LogP contribution in [0, 0.1) is 5.92 Å². The number of anilines is 1. The molecular formula is C19H24N4O2. The molecule has 2 heterocycles. The van der Waals surface area contributed by atoms with Gasteiger partial charge in [0.15, 0.2) is 0 Å². The normalized spacial score (nSPS) is 20.2. The van der Waals surface area contributed by atoms with Crippen LogP contribution in [-0.2, 0) is 11.2 Å². The molecule has 0 bridgehead atoms. The first-order chi connectivity index (χ1) is 12.0. The number of hydrogen-bond donors (Lipinski definition) is 3. The van der Waals surface area contributed by atoms with E-state index in [0.29, 0.717) is 18.3 Å². The van der Waals surface area contributed by atoms with Gasteiger partial charge in [-0.25, -0.2) is 4.98 Å². The van der Waals surface area contributed by atoms with Crippen molar-refractivity contribution in [2.45, 2.75) is 39.2 Å². The van der Waals surface area contributed by atoms with Gasteiger partial charge in [-0.05, 0) is 44.9 Å². The maximum Gasteiger partial charge on any atom is 0.251 e. The first kappa shape index (κ1) is 17.4. The SMILES string of the molecule is CCc1cc(=O)[nH]c(-c2cccc(NC(=O)[C@H]3CCN[C@@H](C)C3)c2)n1. The van der Waals surface area contributed by atoms with Crippen molar-refractivity contribution in [1.82, 2.24) is 15.3 Å². The summed E-state index contributed by atoms with van der Waals surface area (Å²) in [6.07, 6.45) is 2.39. The summed E-state index contributed by atoms with van der Waals surface area (Å²) in [5.41, 5.74) is 2.08. The third-order valence-corrected chi connectivity index (χ3v) is 4.55. The Kier molecular flexibility index (Phi) is 5.28. The smallest absolute Gasteiger partial charge is 0.251 e. The van der Waals surface area contributed by atoms with Crippen molar-refractivity contribution in [2.24, 2.45) is 5.92 Å². The predicted octanol–water partition coefficient (Wildman–Crippen LogP) is 2.33. The molecule has 2 atom stereocenters. The minimum atomic E-state index is -0.167. The number of aryl methyl sites for hydroxylation is 1. The average Bonchev–Trinajstić information content (AvgIpc) is 2.61. The molecule has 1 amide bonds. The van der Waals surface area contributed by atoms with E-state index in [9.17, 15) is 9.59 Å². The zero-order valence-electron chi connectivity index (χ0n) is 14.6. The highest BCUT2D eigenvalue weighted by atomic mass is 16.2.